The van der Waals surface area contributed by atoms with Gasteiger partial charge < -0.3 is 0 Å². The fourth-order valence-corrected chi connectivity index (χ4v) is 3.15. The average Bonchev–Trinajstić information content (AvgIpc) is 2.72. The highest BCUT2D eigenvalue weighted by molar-refractivity contribution is 5.92. The Labute approximate surface area is 165 Å². The zero-order valence-corrected chi connectivity index (χ0v) is 16.1. The smallest absolute Gasteiger partial charge is 0.143 e. The molecule has 0 aliphatic heterocycles. The van der Waals surface area contributed by atoms with Crippen LogP contribution in [0.2, 0.25) is 0 Å². The van der Waals surface area contributed by atoms with Crippen LogP contribution >= 0.6 is 0 Å². The van der Waals surface area contributed by atoms with E-state index in [1.165, 1.54) is 11.1 Å². The maximum Gasteiger partial charge on any atom is 0.143 e. The van der Waals surface area contributed by atoms with Crippen LogP contribution < -0.4 is 0 Å². The first-order valence-electron chi connectivity index (χ1n) is 9.18. The van der Waals surface area contributed by atoms with Gasteiger partial charge in [0, 0.05) is 0 Å². The number of carbonyl (C=O) groups excluding carboxylic acids is 2. The van der Waals surface area contributed by atoms with Crippen molar-refractivity contribution in [1.82, 2.24) is 0 Å². The van der Waals surface area contributed by atoms with Crippen molar-refractivity contribution in [2.24, 2.45) is 0 Å². The van der Waals surface area contributed by atoms with Gasteiger partial charge in [-0.05, 0) is 59.4 Å². The highest BCUT2D eigenvalue weighted by Gasteiger charge is 2.08. The van der Waals surface area contributed by atoms with E-state index in [-0.39, 0.29) is 0 Å². The van der Waals surface area contributed by atoms with Gasteiger partial charge in [0.25, 0.3) is 0 Å². The van der Waals surface area contributed by atoms with Gasteiger partial charge in [-0.15, -0.1) is 0 Å². The van der Waals surface area contributed by atoms with Crippen molar-refractivity contribution in [1.29, 1.82) is 0 Å². The van der Waals surface area contributed by atoms with Crippen LogP contribution in [0.1, 0.15) is 33.4 Å². The van der Waals surface area contributed by atoms with Crippen LogP contribution in [0.5, 0.6) is 0 Å². The molecular formula is C26H22O2. The van der Waals surface area contributed by atoms with Crippen LogP contribution in [0.15, 0.2) is 84.9 Å². The SMILES string of the molecule is Cc1ccc(C(=CC=O)c2ccc(C(=CC=O)c3ccc(C)cc3)cc2)cc1. The molecule has 0 aliphatic rings. The third-order valence-electron chi connectivity index (χ3n) is 4.70. The first-order valence-corrected chi connectivity index (χ1v) is 9.18. The largest absolute Gasteiger partial charge is 0.299 e. The molecule has 0 fully saturated rings. The molecule has 0 unspecified atom stereocenters. The van der Waals surface area contributed by atoms with E-state index in [2.05, 4.69) is 0 Å². The molecule has 0 amide bonds. The number of carbonyl (C=O) groups is 2. The molecule has 0 radical (unpaired) electrons. The molecule has 138 valence electrons. The molecule has 3 aromatic carbocycles. The Morgan fingerprint density at radius 1 is 0.500 bits per heavy atom. The zero-order chi connectivity index (χ0) is 19.9. The van der Waals surface area contributed by atoms with Gasteiger partial charge in [0.15, 0.2) is 0 Å². The van der Waals surface area contributed by atoms with Crippen LogP contribution in [0, 0.1) is 13.8 Å². The summed E-state index contributed by atoms with van der Waals surface area (Å²) in [6.45, 7) is 4.07. The summed E-state index contributed by atoms with van der Waals surface area (Å²) in [6.07, 6.45) is 4.80. The lowest BCUT2D eigenvalue weighted by atomic mass is 9.92. The molecule has 3 aromatic rings. The van der Waals surface area contributed by atoms with Crippen molar-refractivity contribution in [2.45, 2.75) is 13.8 Å². The van der Waals surface area contributed by atoms with Gasteiger partial charge >= 0.3 is 0 Å². The molecule has 0 aromatic heterocycles. The van der Waals surface area contributed by atoms with Crippen molar-refractivity contribution in [3.63, 3.8) is 0 Å². The summed E-state index contributed by atoms with van der Waals surface area (Å²) in [4.78, 5) is 22.4. The fourth-order valence-electron chi connectivity index (χ4n) is 3.15. The van der Waals surface area contributed by atoms with E-state index in [1.54, 1.807) is 12.2 Å². The topological polar surface area (TPSA) is 34.1 Å². The Morgan fingerprint density at radius 3 is 1.00 bits per heavy atom. The third kappa shape index (κ3) is 4.41. The van der Waals surface area contributed by atoms with Gasteiger partial charge in [-0.25, -0.2) is 0 Å². The third-order valence-corrected chi connectivity index (χ3v) is 4.70. The average molecular weight is 366 g/mol. The van der Waals surface area contributed by atoms with Crippen molar-refractivity contribution in [3.05, 3.63) is 118 Å². The summed E-state index contributed by atoms with van der Waals surface area (Å²) in [5.74, 6) is 0. The maximum absolute atomic E-state index is 11.2. The lowest BCUT2D eigenvalue weighted by molar-refractivity contribution is -0.104. The summed E-state index contributed by atoms with van der Waals surface area (Å²) < 4.78 is 0. The van der Waals surface area contributed by atoms with Crippen molar-refractivity contribution in [2.75, 3.05) is 0 Å². The molecular weight excluding hydrogens is 344 g/mol. The van der Waals surface area contributed by atoms with Gasteiger partial charge in [-0.1, -0.05) is 83.9 Å². The summed E-state index contributed by atoms with van der Waals surface area (Å²) in [5.41, 5.74) is 7.98. The van der Waals surface area contributed by atoms with Gasteiger partial charge in [0.2, 0.25) is 0 Å². The minimum Gasteiger partial charge on any atom is -0.299 e. The Kier molecular flexibility index (Phi) is 6.13. The van der Waals surface area contributed by atoms with Crippen LogP contribution in [-0.2, 0) is 9.59 Å². The Balaban J connectivity index is 1.98. The second-order valence-corrected chi connectivity index (χ2v) is 6.74. The van der Waals surface area contributed by atoms with E-state index in [4.69, 9.17) is 0 Å². The number of hydrogen-bond acceptors (Lipinski definition) is 2. The number of allylic oxidation sites excluding steroid dienone is 2. The maximum atomic E-state index is 11.2. The molecule has 0 bridgehead atoms. The molecule has 0 saturated heterocycles. The summed E-state index contributed by atoms with van der Waals surface area (Å²) in [5, 5.41) is 0. The van der Waals surface area contributed by atoms with E-state index < -0.39 is 0 Å². The van der Waals surface area contributed by atoms with E-state index in [1.807, 2.05) is 86.6 Å². The normalized spacial score (nSPS) is 11.9. The molecule has 0 atom stereocenters. The standard InChI is InChI=1S/C26H22O2/c1-19-3-7-21(8-4-19)25(15-17-27)23-11-13-24(14-12-23)26(16-18-28)22-9-5-20(2)6-10-22/h3-18H,1-2H3. The second kappa shape index (κ2) is 8.92. The first-order chi connectivity index (χ1) is 13.6. The second-order valence-electron chi connectivity index (χ2n) is 6.74. The number of hydrogen-bond donors (Lipinski definition) is 0. The van der Waals surface area contributed by atoms with E-state index >= 15 is 0 Å². The predicted molar refractivity (Wildman–Crippen MR) is 115 cm³/mol. The molecule has 0 heterocycles. The van der Waals surface area contributed by atoms with Gasteiger partial charge in [-0.2, -0.15) is 0 Å². The number of aryl methyl sites for hydroxylation is 2. The van der Waals surface area contributed by atoms with Gasteiger partial charge in [0.1, 0.15) is 12.6 Å². The van der Waals surface area contributed by atoms with Crippen LogP contribution in [0.25, 0.3) is 11.1 Å². The monoisotopic (exact) mass is 366 g/mol. The zero-order valence-electron chi connectivity index (χ0n) is 16.1. The highest BCUT2D eigenvalue weighted by Crippen LogP contribution is 2.28. The van der Waals surface area contributed by atoms with E-state index in [9.17, 15) is 9.59 Å². The van der Waals surface area contributed by atoms with Crippen LogP contribution in [-0.4, -0.2) is 12.6 Å². The lowest BCUT2D eigenvalue weighted by Crippen LogP contribution is -1.93. The molecule has 2 heteroatoms. The quantitative estimate of drug-likeness (QED) is 0.422. The van der Waals surface area contributed by atoms with Crippen LogP contribution in [0.4, 0.5) is 0 Å². The van der Waals surface area contributed by atoms with Crippen molar-refractivity contribution in [3.8, 4) is 0 Å². The van der Waals surface area contributed by atoms with Crippen molar-refractivity contribution < 1.29 is 9.59 Å². The molecule has 0 spiro atoms. The fraction of sp³-hybridized carbons (Fsp3) is 0.0769. The minimum atomic E-state index is 0.813. The predicted octanol–water partition coefficient (Wildman–Crippen LogP) is 5.56. The number of benzene rings is 3. The highest BCUT2D eigenvalue weighted by atomic mass is 16.1. The molecule has 3 rings (SSSR count). The summed E-state index contributed by atoms with van der Waals surface area (Å²) in [6, 6.07) is 24.1. The van der Waals surface area contributed by atoms with Gasteiger partial charge in [-0.3, -0.25) is 9.59 Å². The molecule has 0 aliphatic carbocycles. The van der Waals surface area contributed by atoms with Crippen molar-refractivity contribution >= 4 is 23.7 Å². The van der Waals surface area contributed by atoms with E-state index in [0.717, 1.165) is 46.0 Å². The molecule has 28 heavy (non-hydrogen) atoms. The summed E-state index contributed by atoms with van der Waals surface area (Å²) >= 11 is 0. The van der Waals surface area contributed by atoms with E-state index in [0.29, 0.717) is 0 Å². The first kappa shape index (κ1) is 19.2. The van der Waals surface area contributed by atoms with Crippen LogP contribution in [0.3, 0.4) is 0 Å². The molecule has 0 saturated carbocycles. The Morgan fingerprint density at radius 2 is 0.750 bits per heavy atom. The number of aldehydes is 2. The molecule has 2 nitrogen and oxygen atoms in total. The van der Waals surface area contributed by atoms with Gasteiger partial charge in [0.05, 0.1) is 0 Å². The number of rotatable bonds is 6. The summed E-state index contributed by atoms with van der Waals surface area (Å²) in [7, 11) is 0. The molecule has 0 N–H and O–H groups in total. The lowest BCUT2D eigenvalue weighted by Gasteiger charge is -2.11. The minimum absolute atomic E-state index is 0.813. The Hall–Kier alpha value is -3.52. The Bertz CT molecular complexity index is 933.